The van der Waals surface area contributed by atoms with Crippen molar-refractivity contribution in [3.63, 3.8) is 0 Å². The van der Waals surface area contributed by atoms with Gasteiger partial charge in [0.15, 0.2) is 10.9 Å². The lowest BCUT2D eigenvalue weighted by Crippen LogP contribution is -2.23. The van der Waals surface area contributed by atoms with Crippen molar-refractivity contribution < 1.29 is 9.59 Å². The Morgan fingerprint density at radius 2 is 1.77 bits per heavy atom. The third kappa shape index (κ3) is 4.97. The minimum Gasteiger partial charge on any atom is -0.325 e. The van der Waals surface area contributed by atoms with Crippen molar-refractivity contribution in [2.45, 2.75) is 58.5 Å². The molecule has 2 rings (SSSR count). The van der Waals surface area contributed by atoms with Gasteiger partial charge in [-0.25, -0.2) is 4.98 Å². The third-order valence-corrected chi connectivity index (χ3v) is 5.27. The number of carbonyl (C=O) groups excluding carboxylic acids is 2. The van der Waals surface area contributed by atoms with Gasteiger partial charge < -0.3 is 9.88 Å². The molecular formula is C20H27N3O2S. The normalized spacial score (nSPS) is 12.3. The van der Waals surface area contributed by atoms with Gasteiger partial charge >= 0.3 is 0 Å². The number of nitrogens with zero attached hydrogens (tertiary/aromatic N) is 2. The van der Waals surface area contributed by atoms with Crippen molar-refractivity contribution in [1.82, 2.24) is 9.55 Å². The van der Waals surface area contributed by atoms with Gasteiger partial charge in [-0.2, -0.15) is 0 Å². The van der Waals surface area contributed by atoms with Crippen LogP contribution in [0, 0.1) is 19.8 Å². The molecule has 0 aliphatic heterocycles. The number of imidazole rings is 1. The van der Waals surface area contributed by atoms with Crippen LogP contribution in [0.3, 0.4) is 0 Å². The molecule has 0 fully saturated rings. The molecule has 1 atom stereocenters. The summed E-state index contributed by atoms with van der Waals surface area (Å²) in [5, 5.41) is 3.50. The molecule has 140 valence electrons. The van der Waals surface area contributed by atoms with Crippen LogP contribution >= 0.6 is 11.8 Å². The molecule has 1 unspecified atom stereocenters. The lowest BCUT2D eigenvalue weighted by atomic mass is 10.1. The SMILES string of the molecule is CC(=O)c1ccc(NC(=O)C(C)Sc2nc(C)c(C)n2CC(C)C)cc1. The third-order valence-electron chi connectivity index (χ3n) is 4.18. The van der Waals surface area contributed by atoms with E-state index in [9.17, 15) is 9.59 Å². The van der Waals surface area contributed by atoms with Crippen LogP contribution in [0.4, 0.5) is 5.69 Å². The molecule has 1 N–H and O–H groups in total. The fraction of sp³-hybridized carbons (Fsp3) is 0.450. The highest BCUT2D eigenvalue weighted by molar-refractivity contribution is 8.00. The Balaban J connectivity index is 2.07. The fourth-order valence-corrected chi connectivity index (χ4v) is 3.55. The molecule has 1 aromatic heterocycles. The van der Waals surface area contributed by atoms with E-state index >= 15 is 0 Å². The standard InChI is InChI=1S/C20H27N3O2S/c1-12(2)11-23-14(4)13(3)21-20(23)26-16(6)19(25)22-18-9-7-17(8-10-18)15(5)24/h7-10,12,16H,11H2,1-6H3,(H,22,25). The summed E-state index contributed by atoms with van der Waals surface area (Å²) in [4.78, 5) is 28.5. The topological polar surface area (TPSA) is 64.0 Å². The highest BCUT2D eigenvalue weighted by atomic mass is 32.2. The minimum atomic E-state index is -0.283. The first-order valence-electron chi connectivity index (χ1n) is 8.81. The zero-order valence-electron chi connectivity index (χ0n) is 16.3. The number of rotatable bonds is 7. The van der Waals surface area contributed by atoms with Crippen molar-refractivity contribution in [3.8, 4) is 0 Å². The predicted octanol–water partition coefficient (Wildman–Crippen LogP) is 4.48. The molecule has 26 heavy (non-hydrogen) atoms. The van der Waals surface area contributed by atoms with Gasteiger partial charge in [-0.15, -0.1) is 0 Å². The summed E-state index contributed by atoms with van der Waals surface area (Å²) in [6.07, 6.45) is 0. The van der Waals surface area contributed by atoms with Gasteiger partial charge in [0.05, 0.1) is 10.9 Å². The number of amides is 1. The Morgan fingerprint density at radius 3 is 2.31 bits per heavy atom. The average molecular weight is 374 g/mol. The van der Waals surface area contributed by atoms with Crippen molar-refractivity contribution in [1.29, 1.82) is 0 Å². The van der Waals surface area contributed by atoms with Crippen LogP contribution in [0.5, 0.6) is 0 Å². The molecule has 6 heteroatoms. The molecule has 5 nitrogen and oxygen atoms in total. The number of Topliss-reactive ketones (excluding diaryl/α,β-unsaturated/α-hetero) is 1. The van der Waals surface area contributed by atoms with E-state index in [1.54, 1.807) is 24.3 Å². The van der Waals surface area contributed by atoms with Gasteiger partial charge in [-0.05, 0) is 57.9 Å². The Labute approximate surface area is 159 Å². The van der Waals surface area contributed by atoms with Gasteiger partial charge in [0.25, 0.3) is 0 Å². The van der Waals surface area contributed by atoms with Crippen molar-refractivity contribution >= 4 is 29.1 Å². The van der Waals surface area contributed by atoms with E-state index in [-0.39, 0.29) is 16.9 Å². The van der Waals surface area contributed by atoms with Gasteiger partial charge in [-0.3, -0.25) is 9.59 Å². The summed E-state index contributed by atoms with van der Waals surface area (Å²) in [5.41, 5.74) is 3.46. The Kier molecular flexibility index (Phi) is 6.64. The van der Waals surface area contributed by atoms with Gasteiger partial charge in [-0.1, -0.05) is 25.6 Å². The minimum absolute atomic E-state index is 0.00882. The number of anilines is 1. The number of aryl methyl sites for hydroxylation is 1. The maximum atomic E-state index is 12.5. The monoisotopic (exact) mass is 373 g/mol. The maximum Gasteiger partial charge on any atom is 0.237 e. The number of carbonyl (C=O) groups is 2. The molecule has 0 spiro atoms. The van der Waals surface area contributed by atoms with Crippen molar-refractivity contribution in [2.75, 3.05) is 5.32 Å². The molecule has 2 aromatic rings. The van der Waals surface area contributed by atoms with Gasteiger partial charge in [0.1, 0.15) is 0 Å². The van der Waals surface area contributed by atoms with Crippen molar-refractivity contribution in [2.24, 2.45) is 5.92 Å². The first-order valence-corrected chi connectivity index (χ1v) is 9.69. The molecule has 1 amide bonds. The second-order valence-corrected chi connectivity index (χ2v) is 8.26. The second kappa shape index (κ2) is 8.54. The van der Waals surface area contributed by atoms with Crippen LogP contribution in [0.25, 0.3) is 0 Å². The molecule has 0 saturated heterocycles. The quantitative estimate of drug-likeness (QED) is 0.574. The summed E-state index contributed by atoms with van der Waals surface area (Å²) in [6, 6.07) is 6.94. The summed E-state index contributed by atoms with van der Waals surface area (Å²) >= 11 is 1.47. The molecule has 1 aromatic carbocycles. The Hall–Kier alpha value is -2.08. The number of nitrogens with one attached hydrogen (secondary N) is 1. The zero-order valence-corrected chi connectivity index (χ0v) is 17.1. The lowest BCUT2D eigenvalue weighted by Gasteiger charge is -2.15. The first kappa shape index (κ1) is 20.2. The van der Waals surface area contributed by atoms with Gasteiger partial charge in [0.2, 0.25) is 5.91 Å². The number of hydrogen-bond acceptors (Lipinski definition) is 4. The van der Waals surface area contributed by atoms with E-state index in [4.69, 9.17) is 0 Å². The van der Waals surface area contributed by atoms with E-state index in [1.165, 1.54) is 18.7 Å². The molecule has 1 heterocycles. The summed E-state index contributed by atoms with van der Waals surface area (Å²) in [6.45, 7) is 12.7. The summed E-state index contributed by atoms with van der Waals surface area (Å²) in [5.74, 6) is 0.431. The Bertz CT molecular complexity index is 794. The van der Waals surface area contributed by atoms with Crippen molar-refractivity contribution in [3.05, 3.63) is 41.2 Å². The number of hydrogen-bond donors (Lipinski definition) is 1. The van der Waals surface area contributed by atoms with Crippen LogP contribution in [0.2, 0.25) is 0 Å². The number of benzene rings is 1. The molecule has 0 bridgehead atoms. The number of ketones is 1. The molecule has 0 saturated carbocycles. The van der Waals surface area contributed by atoms with Crippen LogP contribution in [0.15, 0.2) is 29.4 Å². The van der Waals surface area contributed by atoms with E-state index in [1.807, 2.05) is 13.8 Å². The second-order valence-electron chi connectivity index (χ2n) is 6.95. The van der Waals surface area contributed by atoms with E-state index in [2.05, 4.69) is 35.6 Å². The maximum absolute atomic E-state index is 12.5. The molecular weight excluding hydrogens is 346 g/mol. The van der Waals surface area contributed by atoms with E-state index < -0.39 is 0 Å². The first-order chi connectivity index (χ1) is 12.2. The molecule has 0 aliphatic carbocycles. The summed E-state index contributed by atoms with van der Waals surface area (Å²) < 4.78 is 2.19. The van der Waals surface area contributed by atoms with E-state index in [0.717, 1.165) is 23.1 Å². The van der Waals surface area contributed by atoms with Crippen LogP contribution in [-0.2, 0) is 11.3 Å². The summed E-state index contributed by atoms with van der Waals surface area (Å²) in [7, 11) is 0. The van der Waals surface area contributed by atoms with Crippen LogP contribution < -0.4 is 5.32 Å². The Morgan fingerprint density at radius 1 is 1.15 bits per heavy atom. The predicted molar refractivity (Wildman–Crippen MR) is 107 cm³/mol. The average Bonchev–Trinajstić information content (AvgIpc) is 2.82. The fourth-order valence-electron chi connectivity index (χ4n) is 2.54. The highest BCUT2D eigenvalue weighted by Crippen LogP contribution is 2.27. The van der Waals surface area contributed by atoms with Gasteiger partial charge in [0, 0.05) is 23.5 Å². The number of aromatic nitrogens is 2. The number of thioether (sulfide) groups is 1. The smallest absolute Gasteiger partial charge is 0.237 e. The van der Waals surface area contributed by atoms with Crippen LogP contribution in [0.1, 0.15) is 49.4 Å². The van der Waals surface area contributed by atoms with Crippen LogP contribution in [-0.4, -0.2) is 26.5 Å². The molecule has 0 radical (unpaired) electrons. The zero-order chi connectivity index (χ0) is 19.4. The largest absolute Gasteiger partial charge is 0.325 e. The molecule has 0 aliphatic rings. The lowest BCUT2D eigenvalue weighted by molar-refractivity contribution is -0.115. The highest BCUT2D eigenvalue weighted by Gasteiger charge is 2.20. The van der Waals surface area contributed by atoms with E-state index in [0.29, 0.717) is 17.2 Å².